The SMILES string of the molecule is OC(C/C=C/c1ccccc1)(c1ccccc1)c1ccccc1. The van der Waals surface area contributed by atoms with Crippen molar-refractivity contribution in [2.45, 2.75) is 12.0 Å². The van der Waals surface area contributed by atoms with Crippen molar-refractivity contribution in [1.82, 2.24) is 0 Å². The van der Waals surface area contributed by atoms with Gasteiger partial charge in [0, 0.05) is 6.42 Å². The van der Waals surface area contributed by atoms with E-state index in [4.69, 9.17) is 0 Å². The number of rotatable bonds is 5. The van der Waals surface area contributed by atoms with Gasteiger partial charge in [0.15, 0.2) is 0 Å². The molecule has 0 fully saturated rings. The number of hydrogen-bond donors (Lipinski definition) is 1. The fourth-order valence-corrected chi connectivity index (χ4v) is 2.76. The number of hydrogen-bond acceptors (Lipinski definition) is 1. The Kier molecular flexibility index (Phi) is 4.70. The summed E-state index contributed by atoms with van der Waals surface area (Å²) >= 11 is 0. The van der Waals surface area contributed by atoms with Crippen molar-refractivity contribution in [2.24, 2.45) is 0 Å². The van der Waals surface area contributed by atoms with Crippen LogP contribution in [0.3, 0.4) is 0 Å². The minimum Gasteiger partial charge on any atom is -0.380 e. The Morgan fingerprint density at radius 3 is 1.57 bits per heavy atom. The third-order valence-corrected chi connectivity index (χ3v) is 4.03. The van der Waals surface area contributed by atoms with Crippen LogP contribution < -0.4 is 0 Å². The Morgan fingerprint density at radius 1 is 0.652 bits per heavy atom. The van der Waals surface area contributed by atoms with E-state index in [-0.39, 0.29) is 0 Å². The van der Waals surface area contributed by atoms with Crippen molar-refractivity contribution in [3.05, 3.63) is 114 Å². The minimum atomic E-state index is -1.02. The topological polar surface area (TPSA) is 20.2 Å². The lowest BCUT2D eigenvalue weighted by Crippen LogP contribution is -2.26. The molecule has 3 aromatic carbocycles. The van der Waals surface area contributed by atoms with Gasteiger partial charge in [-0.25, -0.2) is 0 Å². The first-order valence-electron chi connectivity index (χ1n) is 7.84. The van der Waals surface area contributed by atoms with E-state index in [0.717, 1.165) is 16.7 Å². The molecular weight excluding hydrogens is 280 g/mol. The lowest BCUT2D eigenvalue weighted by molar-refractivity contribution is 0.0843. The molecule has 0 aliphatic rings. The average molecular weight is 300 g/mol. The van der Waals surface area contributed by atoms with Crippen LogP contribution in [0.1, 0.15) is 23.1 Å². The van der Waals surface area contributed by atoms with Gasteiger partial charge in [0.05, 0.1) is 0 Å². The maximum Gasteiger partial charge on any atom is 0.118 e. The van der Waals surface area contributed by atoms with Crippen LogP contribution >= 0.6 is 0 Å². The van der Waals surface area contributed by atoms with Gasteiger partial charge in [-0.2, -0.15) is 0 Å². The summed E-state index contributed by atoms with van der Waals surface area (Å²) in [5.74, 6) is 0. The van der Waals surface area contributed by atoms with Crippen molar-refractivity contribution < 1.29 is 5.11 Å². The van der Waals surface area contributed by atoms with Crippen LogP contribution in [-0.4, -0.2) is 5.11 Å². The molecule has 0 unspecified atom stereocenters. The van der Waals surface area contributed by atoms with Gasteiger partial charge in [-0.05, 0) is 16.7 Å². The second kappa shape index (κ2) is 7.08. The Labute approximate surface area is 137 Å². The normalized spacial score (nSPS) is 11.7. The molecule has 1 nitrogen and oxygen atoms in total. The van der Waals surface area contributed by atoms with Crippen LogP contribution in [0, 0.1) is 0 Å². The molecule has 0 aliphatic heterocycles. The average Bonchev–Trinajstić information content (AvgIpc) is 2.64. The molecule has 0 heterocycles. The molecule has 0 amide bonds. The molecule has 23 heavy (non-hydrogen) atoms. The molecule has 1 heteroatoms. The third-order valence-electron chi connectivity index (χ3n) is 4.03. The fraction of sp³-hybridized carbons (Fsp3) is 0.0909. The highest BCUT2D eigenvalue weighted by Crippen LogP contribution is 2.33. The molecule has 0 radical (unpaired) electrons. The maximum atomic E-state index is 11.4. The maximum absolute atomic E-state index is 11.4. The second-order valence-corrected chi connectivity index (χ2v) is 5.61. The highest BCUT2D eigenvalue weighted by molar-refractivity contribution is 5.49. The summed E-state index contributed by atoms with van der Waals surface area (Å²) in [6.07, 6.45) is 4.61. The molecular formula is C22H20O. The molecule has 0 saturated heterocycles. The van der Waals surface area contributed by atoms with E-state index >= 15 is 0 Å². The van der Waals surface area contributed by atoms with Gasteiger partial charge < -0.3 is 5.11 Å². The largest absolute Gasteiger partial charge is 0.380 e. The fourth-order valence-electron chi connectivity index (χ4n) is 2.76. The molecule has 0 aliphatic carbocycles. The monoisotopic (exact) mass is 300 g/mol. The Hall–Kier alpha value is -2.64. The Morgan fingerprint density at radius 2 is 1.09 bits per heavy atom. The number of benzene rings is 3. The summed E-state index contributed by atoms with van der Waals surface area (Å²) in [7, 11) is 0. The van der Waals surface area contributed by atoms with Gasteiger partial charge in [0.1, 0.15) is 5.60 Å². The van der Waals surface area contributed by atoms with Gasteiger partial charge >= 0.3 is 0 Å². The van der Waals surface area contributed by atoms with Gasteiger partial charge in [0.25, 0.3) is 0 Å². The molecule has 0 saturated carbocycles. The predicted octanol–water partition coefficient (Wildman–Crippen LogP) is 5.03. The van der Waals surface area contributed by atoms with Crippen LogP contribution in [0.15, 0.2) is 97.1 Å². The summed E-state index contributed by atoms with van der Waals surface area (Å²) in [6.45, 7) is 0. The van der Waals surface area contributed by atoms with Crippen LogP contribution in [0.5, 0.6) is 0 Å². The molecule has 0 bridgehead atoms. The van der Waals surface area contributed by atoms with E-state index in [1.54, 1.807) is 0 Å². The third kappa shape index (κ3) is 3.58. The first kappa shape index (κ1) is 15.3. The van der Waals surface area contributed by atoms with Crippen molar-refractivity contribution >= 4 is 6.08 Å². The van der Waals surface area contributed by atoms with E-state index in [2.05, 4.69) is 18.2 Å². The van der Waals surface area contributed by atoms with Crippen LogP contribution in [0.2, 0.25) is 0 Å². The van der Waals surface area contributed by atoms with Crippen LogP contribution in [0.4, 0.5) is 0 Å². The predicted molar refractivity (Wildman–Crippen MR) is 96.0 cm³/mol. The smallest absolute Gasteiger partial charge is 0.118 e. The minimum absolute atomic E-state index is 0.524. The first-order chi connectivity index (χ1) is 11.3. The molecule has 3 rings (SSSR count). The summed E-state index contributed by atoms with van der Waals surface area (Å²) in [5.41, 5.74) is 1.93. The highest BCUT2D eigenvalue weighted by atomic mass is 16.3. The van der Waals surface area contributed by atoms with E-state index in [9.17, 15) is 5.11 Å². The summed E-state index contributed by atoms with van der Waals surface area (Å²) in [4.78, 5) is 0. The molecule has 3 aromatic rings. The lowest BCUT2D eigenvalue weighted by atomic mass is 9.83. The van der Waals surface area contributed by atoms with Crippen molar-refractivity contribution in [2.75, 3.05) is 0 Å². The standard InChI is InChI=1S/C22H20O/c23-22(20-14-6-2-7-15-20,21-16-8-3-9-17-21)18-10-13-19-11-4-1-5-12-19/h1-17,23H,18H2/b13-10+. The van der Waals surface area contributed by atoms with E-state index < -0.39 is 5.60 Å². The Bertz CT molecular complexity index is 706. The molecule has 0 atom stereocenters. The van der Waals surface area contributed by atoms with E-state index in [1.165, 1.54) is 0 Å². The zero-order valence-corrected chi connectivity index (χ0v) is 13.0. The number of aliphatic hydroxyl groups is 1. The van der Waals surface area contributed by atoms with Gasteiger partial charge in [-0.1, -0.05) is 103 Å². The lowest BCUT2D eigenvalue weighted by Gasteiger charge is -2.28. The molecule has 0 spiro atoms. The van der Waals surface area contributed by atoms with Crippen molar-refractivity contribution in [1.29, 1.82) is 0 Å². The van der Waals surface area contributed by atoms with Gasteiger partial charge in [-0.3, -0.25) is 0 Å². The second-order valence-electron chi connectivity index (χ2n) is 5.61. The zero-order valence-electron chi connectivity index (χ0n) is 13.0. The molecule has 114 valence electrons. The summed E-state index contributed by atoms with van der Waals surface area (Å²) in [5, 5.41) is 11.4. The van der Waals surface area contributed by atoms with Crippen molar-refractivity contribution in [3.8, 4) is 0 Å². The van der Waals surface area contributed by atoms with E-state index in [0.29, 0.717) is 6.42 Å². The van der Waals surface area contributed by atoms with Crippen LogP contribution in [0.25, 0.3) is 6.08 Å². The van der Waals surface area contributed by atoms with Crippen LogP contribution in [-0.2, 0) is 5.60 Å². The van der Waals surface area contributed by atoms with Gasteiger partial charge in [-0.15, -0.1) is 0 Å². The molecule has 0 aromatic heterocycles. The highest BCUT2D eigenvalue weighted by Gasteiger charge is 2.29. The quantitative estimate of drug-likeness (QED) is 0.701. The van der Waals surface area contributed by atoms with E-state index in [1.807, 2.05) is 84.9 Å². The van der Waals surface area contributed by atoms with Gasteiger partial charge in [0.2, 0.25) is 0 Å². The first-order valence-corrected chi connectivity index (χ1v) is 7.84. The zero-order chi connectivity index (χ0) is 16.0. The molecule has 1 N–H and O–H groups in total. The summed E-state index contributed by atoms with van der Waals surface area (Å²) in [6, 6.07) is 29.8. The summed E-state index contributed by atoms with van der Waals surface area (Å²) < 4.78 is 0. The van der Waals surface area contributed by atoms with Crippen molar-refractivity contribution in [3.63, 3.8) is 0 Å². The Balaban J connectivity index is 1.92.